The van der Waals surface area contributed by atoms with Crippen LogP contribution in [0.25, 0.3) is 0 Å². The number of amides is 1. The van der Waals surface area contributed by atoms with E-state index >= 15 is 0 Å². The van der Waals surface area contributed by atoms with Crippen molar-refractivity contribution in [3.05, 3.63) is 65.7 Å². The number of nitrogens with zero attached hydrogens (tertiary/aromatic N) is 1. The first kappa shape index (κ1) is 15.8. The van der Waals surface area contributed by atoms with E-state index in [1.54, 1.807) is 7.11 Å². The molecule has 0 fully saturated rings. The van der Waals surface area contributed by atoms with Gasteiger partial charge in [0.15, 0.2) is 0 Å². The molecule has 0 radical (unpaired) electrons. The van der Waals surface area contributed by atoms with Crippen LogP contribution in [0.4, 0.5) is 0 Å². The maximum Gasteiger partial charge on any atom is 0.233 e. The Labute approximate surface area is 139 Å². The molecule has 0 spiro atoms. The first-order valence-electron chi connectivity index (χ1n) is 6.73. The van der Waals surface area contributed by atoms with Crippen LogP contribution in [-0.4, -0.2) is 22.3 Å². The van der Waals surface area contributed by atoms with Crippen molar-refractivity contribution in [2.24, 2.45) is 0 Å². The molecule has 3 nitrogen and oxygen atoms in total. The number of methoxy groups -OCH3 is 1. The molecule has 0 aliphatic carbocycles. The third kappa shape index (κ3) is 4.74. The van der Waals surface area contributed by atoms with Crippen LogP contribution in [0, 0.1) is 0 Å². The van der Waals surface area contributed by atoms with Crippen LogP contribution in [-0.2, 0) is 17.9 Å². The Balaban J connectivity index is 2.10. The van der Waals surface area contributed by atoms with Crippen LogP contribution in [0.3, 0.4) is 0 Å². The van der Waals surface area contributed by atoms with E-state index in [0.717, 1.165) is 16.9 Å². The highest BCUT2D eigenvalue weighted by molar-refractivity contribution is 14.1. The summed E-state index contributed by atoms with van der Waals surface area (Å²) in [5.74, 6) is 0.976. The summed E-state index contributed by atoms with van der Waals surface area (Å²) < 4.78 is 5.64. The summed E-state index contributed by atoms with van der Waals surface area (Å²) in [6, 6.07) is 17.9. The van der Waals surface area contributed by atoms with Crippen molar-refractivity contribution in [3.8, 4) is 5.75 Å². The molecule has 0 aromatic heterocycles. The van der Waals surface area contributed by atoms with E-state index in [9.17, 15) is 4.79 Å². The SMILES string of the molecule is COc1ccc(CN(Cc2ccccc2)C(=O)CI)cc1. The molecule has 2 aromatic carbocycles. The van der Waals surface area contributed by atoms with Crippen LogP contribution >= 0.6 is 22.6 Å². The molecule has 2 aromatic rings. The van der Waals surface area contributed by atoms with Crippen molar-refractivity contribution in [2.75, 3.05) is 11.5 Å². The van der Waals surface area contributed by atoms with Crippen LogP contribution in [0.15, 0.2) is 54.6 Å². The fraction of sp³-hybridized carbons (Fsp3) is 0.235. The number of hydrogen-bond donors (Lipinski definition) is 0. The highest BCUT2D eigenvalue weighted by atomic mass is 127. The molecule has 110 valence electrons. The molecule has 0 aliphatic heterocycles. The molecule has 0 N–H and O–H groups in total. The van der Waals surface area contributed by atoms with Gasteiger partial charge in [0.2, 0.25) is 5.91 Å². The molecule has 0 saturated carbocycles. The van der Waals surface area contributed by atoms with Crippen molar-refractivity contribution < 1.29 is 9.53 Å². The van der Waals surface area contributed by atoms with Gasteiger partial charge in [-0.1, -0.05) is 65.1 Å². The third-order valence-electron chi connectivity index (χ3n) is 3.22. The average molecular weight is 395 g/mol. The predicted octanol–water partition coefficient (Wildman–Crippen LogP) is 3.66. The number of ether oxygens (including phenoxy) is 1. The van der Waals surface area contributed by atoms with E-state index in [4.69, 9.17) is 4.74 Å². The number of rotatable bonds is 6. The second kappa shape index (κ2) is 8.02. The predicted molar refractivity (Wildman–Crippen MR) is 92.6 cm³/mol. The fourth-order valence-corrected chi connectivity index (χ4v) is 2.55. The number of halogens is 1. The molecule has 0 bridgehead atoms. The van der Waals surface area contributed by atoms with E-state index in [2.05, 4.69) is 22.6 Å². The third-order valence-corrected chi connectivity index (χ3v) is 3.87. The molecule has 1 amide bonds. The Kier molecular flexibility index (Phi) is 6.04. The van der Waals surface area contributed by atoms with Gasteiger partial charge in [-0.3, -0.25) is 4.79 Å². The maximum atomic E-state index is 12.1. The summed E-state index contributed by atoms with van der Waals surface area (Å²) in [6.45, 7) is 1.25. The van der Waals surface area contributed by atoms with Crippen molar-refractivity contribution in [1.82, 2.24) is 4.90 Å². The van der Waals surface area contributed by atoms with Crippen LogP contribution < -0.4 is 4.74 Å². The normalized spacial score (nSPS) is 10.2. The van der Waals surface area contributed by atoms with Gasteiger partial charge in [0.1, 0.15) is 5.75 Å². The molecule has 21 heavy (non-hydrogen) atoms. The van der Waals surface area contributed by atoms with Crippen LogP contribution in [0.2, 0.25) is 0 Å². The number of carbonyl (C=O) groups is 1. The van der Waals surface area contributed by atoms with Gasteiger partial charge < -0.3 is 9.64 Å². The average Bonchev–Trinajstić information content (AvgIpc) is 2.55. The largest absolute Gasteiger partial charge is 0.497 e. The van der Waals surface area contributed by atoms with Gasteiger partial charge in [-0.05, 0) is 23.3 Å². The summed E-state index contributed by atoms with van der Waals surface area (Å²) in [7, 11) is 1.65. The second-order valence-corrected chi connectivity index (χ2v) is 5.48. The Bertz CT molecular complexity index is 569. The standard InChI is InChI=1S/C17H18INO2/c1-21-16-9-7-15(8-10-16)13-19(17(20)11-18)12-14-5-3-2-4-6-14/h2-10H,11-13H2,1H3. The van der Waals surface area contributed by atoms with Gasteiger partial charge in [0.25, 0.3) is 0 Å². The van der Waals surface area contributed by atoms with E-state index in [-0.39, 0.29) is 5.91 Å². The molecule has 0 heterocycles. The summed E-state index contributed by atoms with van der Waals surface area (Å²) in [5.41, 5.74) is 2.24. The molecule has 0 unspecified atom stereocenters. The van der Waals surface area contributed by atoms with Crippen LogP contribution in [0.1, 0.15) is 11.1 Å². The second-order valence-electron chi connectivity index (χ2n) is 4.72. The Hall–Kier alpha value is -1.56. The number of alkyl halides is 1. The first-order valence-corrected chi connectivity index (χ1v) is 8.26. The van der Waals surface area contributed by atoms with Crippen molar-refractivity contribution in [3.63, 3.8) is 0 Å². The lowest BCUT2D eigenvalue weighted by Gasteiger charge is -2.22. The van der Waals surface area contributed by atoms with Gasteiger partial charge in [-0.25, -0.2) is 0 Å². The van der Waals surface area contributed by atoms with E-state index in [0.29, 0.717) is 17.5 Å². The van der Waals surface area contributed by atoms with Gasteiger partial charge in [-0.15, -0.1) is 0 Å². The summed E-state index contributed by atoms with van der Waals surface area (Å²) in [6.07, 6.45) is 0. The Morgan fingerprint density at radius 2 is 1.57 bits per heavy atom. The lowest BCUT2D eigenvalue weighted by Crippen LogP contribution is -2.30. The topological polar surface area (TPSA) is 29.5 Å². The zero-order valence-corrected chi connectivity index (χ0v) is 14.1. The van der Waals surface area contributed by atoms with Gasteiger partial charge in [-0.2, -0.15) is 0 Å². The van der Waals surface area contributed by atoms with Crippen molar-refractivity contribution in [2.45, 2.75) is 13.1 Å². The van der Waals surface area contributed by atoms with Crippen molar-refractivity contribution in [1.29, 1.82) is 0 Å². The molecule has 2 rings (SSSR count). The molecular formula is C17H18INO2. The minimum absolute atomic E-state index is 0.148. The monoisotopic (exact) mass is 395 g/mol. The Morgan fingerprint density at radius 1 is 1.00 bits per heavy atom. The first-order chi connectivity index (χ1) is 10.2. The summed E-state index contributed by atoms with van der Waals surface area (Å²) in [4.78, 5) is 14.0. The highest BCUT2D eigenvalue weighted by Gasteiger charge is 2.13. The number of benzene rings is 2. The summed E-state index contributed by atoms with van der Waals surface area (Å²) >= 11 is 2.11. The molecule has 0 atom stereocenters. The van der Waals surface area contributed by atoms with Crippen LogP contribution in [0.5, 0.6) is 5.75 Å². The molecule has 0 saturated heterocycles. The maximum absolute atomic E-state index is 12.1. The molecule has 4 heteroatoms. The van der Waals surface area contributed by atoms with Gasteiger partial charge in [0, 0.05) is 13.1 Å². The van der Waals surface area contributed by atoms with Gasteiger partial charge >= 0.3 is 0 Å². The number of hydrogen-bond acceptors (Lipinski definition) is 2. The highest BCUT2D eigenvalue weighted by Crippen LogP contribution is 2.15. The zero-order valence-electron chi connectivity index (χ0n) is 12.0. The van der Waals surface area contributed by atoms with Gasteiger partial charge in [0.05, 0.1) is 11.5 Å². The number of carbonyl (C=O) groups excluding carboxylic acids is 1. The van der Waals surface area contributed by atoms with E-state index in [1.165, 1.54) is 0 Å². The quantitative estimate of drug-likeness (QED) is 0.552. The lowest BCUT2D eigenvalue weighted by atomic mass is 10.1. The molecular weight excluding hydrogens is 377 g/mol. The minimum Gasteiger partial charge on any atom is -0.497 e. The zero-order chi connectivity index (χ0) is 15.1. The van der Waals surface area contributed by atoms with E-state index in [1.807, 2.05) is 59.5 Å². The van der Waals surface area contributed by atoms with E-state index < -0.39 is 0 Å². The summed E-state index contributed by atoms with van der Waals surface area (Å²) in [5, 5.41) is 0. The fourth-order valence-electron chi connectivity index (χ4n) is 2.07. The lowest BCUT2D eigenvalue weighted by molar-refractivity contribution is -0.129. The minimum atomic E-state index is 0.148. The smallest absolute Gasteiger partial charge is 0.233 e. The Morgan fingerprint density at radius 3 is 2.10 bits per heavy atom. The molecule has 0 aliphatic rings. The van der Waals surface area contributed by atoms with Crippen molar-refractivity contribution >= 4 is 28.5 Å².